The molecule has 4 aliphatic rings. The summed E-state index contributed by atoms with van der Waals surface area (Å²) in [4.78, 5) is 51.2. The molecule has 11 nitrogen and oxygen atoms in total. The summed E-state index contributed by atoms with van der Waals surface area (Å²) in [6.45, 7) is 5.77. The zero-order chi connectivity index (χ0) is 29.3. The third kappa shape index (κ3) is 5.70. The Morgan fingerprint density at radius 2 is 1.88 bits per heavy atom. The van der Waals surface area contributed by atoms with E-state index < -0.39 is 23.7 Å². The molecule has 1 saturated carbocycles. The molecule has 2 amide bonds. The summed E-state index contributed by atoms with van der Waals surface area (Å²) in [6.07, 6.45) is 3.27. The Kier molecular flexibility index (Phi) is 8.60. The van der Waals surface area contributed by atoms with Crippen molar-refractivity contribution in [3.8, 4) is 11.3 Å². The SMILES string of the molecule is COCCN1CCN(c2nc(-c3ccc(C(=O)NC4(C(=O)N5C[C@H](N)[C@@H]6OCC(=O)[C@H]65)CCCCC4)cc3)cs2)CC1. The quantitative estimate of drug-likeness (QED) is 0.466. The first-order valence-corrected chi connectivity index (χ1v) is 15.8. The van der Waals surface area contributed by atoms with Crippen LogP contribution >= 0.6 is 11.3 Å². The van der Waals surface area contributed by atoms with Gasteiger partial charge < -0.3 is 30.3 Å². The number of likely N-dealkylation sites (tertiary alicyclic amines) is 1. The van der Waals surface area contributed by atoms with Gasteiger partial charge in [0.2, 0.25) is 5.91 Å². The first-order valence-electron chi connectivity index (χ1n) is 14.9. The molecule has 1 aliphatic carbocycles. The Hall–Kier alpha value is -2.90. The van der Waals surface area contributed by atoms with Crippen molar-refractivity contribution in [2.24, 2.45) is 5.73 Å². The number of amides is 2. The van der Waals surface area contributed by atoms with Gasteiger partial charge in [-0.25, -0.2) is 4.98 Å². The Bertz CT molecular complexity index is 1290. The van der Waals surface area contributed by atoms with E-state index in [1.165, 1.54) is 0 Å². The zero-order valence-electron chi connectivity index (χ0n) is 24.1. The van der Waals surface area contributed by atoms with Crippen molar-refractivity contribution in [2.75, 3.05) is 64.5 Å². The molecule has 42 heavy (non-hydrogen) atoms. The fourth-order valence-corrected chi connectivity index (χ4v) is 7.62. The number of hydrogen-bond donors (Lipinski definition) is 2. The van der Waals surface area contributed by atoms with Gasteiger partial charge in [0.25, 0.3) is 5.91 Å². The molecular weight excluding hydrogens is 556 g/mol. The number of nitrogens with one attached hydrogen (secondary N) is 1. The predicted molar refractivity (Wildman–Crippen MR) is 160 cm³/mol. The molecule has 4 heterocycles. The number of aromatic nitrogens is 1. The number of ether oxygens (including phenoxy) is 2. The van der Waals surface area contributed by atoms with Crippen LogP contribution in [-0.2, 0) is 19.1 Å². The van der Waals surface area contributed by atoms with Crippen LogP contribution in [0.25, 0.3) is 11.3 Å². The second-order valence-corrected chi connectivity index (χ2v) is 12.7. The minimum Gasteiger partial charge on any atom is -0.383 e. The molecule has 0 unspecified atom stereocenters. The maximum atomic E-state index is 14.0. The molecule has 4 fully saturated rings. The molecule has 0 spiro atoms. The van der Waals surface area contributed by atoms with Gasteiger partial charge in [-0.2, -0.15) is 0 Å². The number of Topliss-reactive ketones (excluding diaryl/α,β-unsaturated/α-hetero) is 1. The van der Waals surface area contributed by atoms with Crippen LogP contribution in [0, 0.1) is 0 Å². The lowest BCUT2D eigenvalue weighted by atomic mass is 9.80. The average molecular weight is 597 g/mol. The number of carbonyl (C=O) groups excluding carboxylic acids is 3. The number of benzene rings is 1. The molecule has 0 bridgehead atoms. The van der Waals surface area contributed by atoms with Crippen LogP contribution in [0.2, 0.25) is 0 Å². The molecule has 1 aromatic heterocycles. The van der Waals surface area contributed by atoms with Gasteiger partial charge in [0, 0.05) is 62.9 Å². The molecule has 2 aromatic rings. The second kappa shape index (κ2) is 12.4. The van der Waals surface area contributed by atoms with Crippen LogP contribution in [0.5, 0.6) is 0 Å². The maximum absolute atomic E-state index is 14.0. The largest absolute Gasteiger partial charge is 0.383 e. The molecular formula is C30H40N6O5S. The van der Waals surface area contributed by atoms with E-state index >= 15 is 0 Å². The fourth-order valence-electron chi connectivity index (χ4n) is 6.73. The Morgan fingerprint density at radius 3 is 2.60 bits per heavy atom. The number of thiazole rings is 1. The summed E-state index contributed by atoms with van der Waals surface area (Å²) in [7, 11) is 1.73. The van der Waals surface area contributed by atoms with Crippen LogP contribution in [0.4, 0.5) is 5.13 Å². The van der Waals surface area contributed by atoms with Gasteiger partial charge in [0.15, 0.2) is 10.9 Å². The van der Waals surface area contributed by atoms with E-state index in [9.17, 15) is 14.4 Å². The summed E-state index contributed by atoms with van der Waals surface area (Å²) in [5, 5.41) is 6.16. The molecule has 3 atom stereocenters. The zero-order valence-corrected chi connectivity index (χ0v) is 24.9. The van der Waals surface area contributed by atoms with Gasteiger partial charge in [-0.1, -0.05) is 31.4 Å². The molecule has 12 heteroatoms. The third-order valence-electron chi connectivity index (χ3n) is 9.14. The molecule has 226 valence electrons. The summed E-state index contributed by atoms with van der Waals surface area (Å²) in [5.74, 6) is -0.636. The highest BCUT2D eigenvalue weighted by molar-refractivity contribution is 7.14. The summed E-state index contributed by atoms with van der Waals surface area (Å²) >= 11 is 1.63. The minimum absolute atomic E-state index is 0.0233. The van der Waals surface area contributed by atoms with Crippen molar-refractivity contribution in [1.29, 1.82) is 0 Å². The fraction of sp³-hybridized carbons (Fsp3) is 0.600. The van der Waals surface area contributed by atoms with Crippen LogP contribution < -0.4 is 16.0 Å². The summed E-state index contributed by atoms with van der Waals surface area (Å²) in [6, 6.07) is 6.32. The van der Waals surface area contributed by atoms with Gasteiger partial charge in [0.05, 0.1) is 18.3 Å². The van der Waals surface area contributed by atoms with Crippen molar-refractivity contribution in [3.05, 3.63) is 35.2 Å². The van der Waals surface area contributed by atoms with Gasteiger partial charge in [-0.15, -0.1) is 11.3 Å². The van der Waals surface area contributed by atoms with Crippen molar-refractivity contribution >= 4 is 34.1 Å². The number of nitrogens with two attached hydrogens (primary N) is 1. The minimum atomic E-state index is -1.05. The number of fused-ring (bicyclic) bond motifs is 1. The van der Waals surface area contributed by atoms with Crippen molar-refractivity contribution in [3.63, 3.8) is 0 Å². The number of hydrogen-bond acceptors (Lipinski definition) is 10. The van der Waals surface area contributed by atoms with Crippen LogP contribution in [-0.4, -0.2) is 116 Å². The molecule has 3 N–H and O–H groups in total. The number of ketones is 1. The number of anilines is 1. The van der Waals surface area contributed by atoms with Gasteiger partial charge in [0.1, 0.15) is 24.3 Å². The topological polar surface area (TPSA) is 130 Å². The van der Waals surface area contributed by atoms with E-state index in [4.69, 9.17) is 20.2 Å². The van der Waals surface area contributed by atoms with Gasteiger partial charge >= 0.3 is 0 Å². The molecule has 6 rings (SSSR count). The number of nitrogens with zero attached hydrogens (tertiary/aromatic N) is 4. The standard InChI is InChI=1S/C30H40N6O5S/c1-40-16-15-34-11-13-35(14-12-34)29-32-23(19-42-29)20-5-7-21(8-6-20)27(38)33-30(9-3-2-4-10-30)28(39)36-17-22(31)26-25(36)24(37)18-41-26/h5-8,19,22,25-26H,2-4,9-18,31H2,1H3,(H,33,38)/t22-,25+,26-/m0/s1. The van der Waals surface area contributed by atoms with E-state index in [0.29, 0.717) is 18.4 Å². The van der Waals surface area contributed by atoms with Crippen LogP contribution in [0.3, 0.4) is 0 Å². The Balaban J connectivity index is 1.12. The number of methoxy groups -OCH3 is 1. The maximum Gasteiger partial charge on any atom is 0.252 e. The highest BCUT2D eigenvalue weighted by Gasteiger charge is 2.55. The van der Waals surface area contributed by atoms with Crippen molar-refractivity contribution < 1.29 is 23.9 Å². The number of carbonyl (C=O) groups is 3. The van der Waals surface area contributed by atoms with Crippen LogP contribution in [0.1, 0.15) is 42.5 Å². The monoisotopic (exact) mass is 596 g/mol. The smallest absolute Gasteiger partial charge is 0.252 e. The number of rotatable bonds is 8. The Morgan fingerprint density at radius 1 is 1.14 bits per heavy atom. The van der Waals surface area contributed by atoms with E-state index in [1.807, 2.05) is 12.1 Å². The normalized spacial score (nSPS) is 26.0. The highest BCUT2D eigenvalue weighted by atomic mass is 32.1. The molecule has 3 saturated heterocycles. The summed E-state index contributed by atoms with van der Waals surface area (Å²) < 4.78 is 10.8. The highest BCUT2D eigenvalue weighted by Crippen LogP contribution is 2.35. The number of piperazine rings is 1. The van der Waals surface area contributed by atoms with E-state index in [-0.39, 0.29) is 30.7 Å². The third-order valence-corrected chi connectivity index (χ3v) is 10.0. The Labute approximate surface area is 250 Å². The lowest BCUT2D eigenvalue weighted by Crippen LogP contribution is -2.62. The predicted octanol–water partition coefficient (Wildman–Crippen LogP) is 1.52. The molecule has 1 aromatic carbocycles. The lowest BCUT2D eigenvalue weighted by Gasteiger charge is -2.40. The van der Waals surface area contributed by atoms with E-state index in [0.717, 1.165) is 75.0 Å². The average Bonchev–Trinajstić information content (AvgIpc) is 3.74. The first kappa shape index (κ1) is 29.2. The van der Waals surface area contributed by atoms with Crippen LogP contribution in [0.15, 0.2) is 29.6 Å². The van der Waals surface area contributed by atoms with E-state index in [2.05, 4.69) is 20.5 Å². The lowest BCUT2D eigenvalue weighted by molar-refractivity contribution is -0.143. The van der Waals surface area contributed by atoms with Crippen molar-refractivity contribution in [1.82, 2.24) is 20.1 Å². The molecule has 0 radical (unpaired) electrons. The summed E-state index contributed by atoms with van der Waals surface area (Å²) in [5.41, 5.74) is 7.48. The second-order valence-electron chi connectivity index (χ2n) is 11.8. The van der Waals surface area contributed by atoms with Gasteiger partial charge in [-0.3, -0.25) is 19.3 Å². The molecule has 3 aliphatic heterocycles. The van der Waals surface area contributed by atoms with Crippen molar-refractivity contribution in [2.45, 2.75) is 55.8 Å². The first-order chi connectivity index (χ1) is 20.4. The van der Waals surface area contributed by atoms with E-state index in [1.54, 1.807) is 35.5 Å². The van der Waals surface area contributed by atoms with Gasteiger partial charge in [-0.05, 0) is 25.0 Å².